The van der Waals surface area contributed by atoms with Gasteiger partial charge < -0.3 is 16.8 Å². The molecule has 0 saturated carbocycles. The smallest absolute Gasteiger partial charge is 0.222 e. The minimum Gasteiger partial charge on any atom is -0.383 e. The molecule has 0 fully saturated rings. The van der Waals surface area contributed by atoms with Gasteiger partial charge in [0.25, 0.3) is 0 Å². The Morgan fingerprint density at radius 2 is 2.10 bits per heavy atom. The minimum absolute atomic E-state index is 0.182. The zero-order chi connectivity index (χ0) is 14.8. The van der Waals surface area contributed by atoms with Gasteiger partial charge in [0.2, 0.25) is 5.95 Å². The number of nitrogens with two attached hydrogens (primary N) is 2. The SMILES string of the molecule is CNCCc1cc(-c2ccn[nH]2)cc2nc(N)nc(N)c12. The van der Waals surface area contributed by atoms with E-state index < -0.39 is 0 Å². The molecule has 2 heterocycles. The molecule has 0 unspecified atom stereocenters. The van der Waals surface area contributed by atoms with Crippen LogP contribution in [-0.4, -0.2) is 33.8 Å². The Bertz CT molecular complexity index is 765. The molecule has 21 heavy (non-hydrogen) atoms. The Labute approximate surface area is 121 Å². The molecular formula is C14H17N7. The highest BCUT2D eigenvalue weighted by molar-refractivity contribution is 5.94. The number of nitrogen functional groups attached to an aromatic ring is 2. The van der Waals surface area contributed by atoms with Crippen molar-refractivity contribution >= 4 is 22.7 Å². The number of aromatic nitrogens is 4. The van der Waals surface area contributed by atoms with Gasteiger partial charge in [-0.1, -0.05) is 0 Å². The molecule has 108 valence electrons. The van der Waals surface area contributed by atoms with Gasteiger partial charge >= 0.3 is 0 Å². The molecule has 7 heteroatoms. The lowest BCUT2D eigenvalue weighted by molar-refractivity contribution is 0.795. The molecule has 0 aliphatic rings. The number of H-pyrrole nitrogens is 1. The van der Waals surface area contributed by atoms with E-state index in [0.717, 1.165) is 40.7 Å². The van der Waals surface area contributed by atoms with Crippen molar-refractivity contribution in [1.82, 2.24) is 25.5 Å². The summed E-state index contributed by atoms with van der Waals surface area (Å²) in [5.41, 5.74) is 15.5. The van der Waals surface area contributed by atoms with Crippen LogP contribution < -0.4 is 16.8 Å². The topological polar surface area (TPSA) is 119 Å². The van der Waals surface area contributed by atoms with Gasteiger partial charge in [-0.05, 0) is 43.8 Å². The Morgan fingerprint density at radius 3 is 2.81 bits per heavy atom. The van der Waals surface area contributed by atoms with E-state index in [1.807, 2.05) is 19.2 Å². The molecule has 6 N–H and O–H groups in total. The van der Waals surface area contributed by atoms with Gasteiger partial charge in [0.05, 0.1) is 11.2 Å². The van der Waals surface area contributed by atoms with Gasteiger partial charge in [-0.25, -0.2) is 4.98 Å². The Balaban J connectivity index is 2.24. The van der Waals surface area contributed by atoms with E-state index >= 15 is 0 Å². The fourth-order valence-corrected chi connectivity index (χ4v) is 2.43. The summed E-state index contributed by atoms with van der Waals surface area (Å²) in [6.45, 7) is 0.839. The number of benzene rings is 1. The van der Waals surface area contributed by atoms with Crippen LogP contribution >= 0.6 is 0 Å². The van der Waals surface area contributed by atoms with E-state index in [0.29, 0.717) is 5.82 Å². The lowest BCUT2D eigenvalue weighted by Gasteiger charge is -2.11. The van der Waals surface area contributed by atoms with Gasteiger partial charge in [-0.3, -0.25) is 5.10 Å². The third-order valence-corrected chi connectivity index (χ3v) is 3.38. The molecular weight excluding hydrogens is 266 g/mol. The number of hydrogen-bond donors (Lipinski definition) is 4. The zero-order valence-electron chi connectivity index (χ0n) is 11.7. The maximum atomic E-state index is 6.03. The second-order valence-electron chi connectivity index (χ2n) is 4.82. The van der Waals surface area contributed by atoms with Crippen molar-refractivity contribution in [3.8, 4) is 11.3 Å². The Morgan fingerprint density at radius 1 is 1.24 bits per heavy atom. The number of fused-ring (bicyclic) bond motifs is 1. The monoisotopic (exact) mass is 283 g/mol. The highest BCUT2D eigenvalue weighted by Gasteiger charge is 2.12. The largest absolute Gasteiger partial charge is 0.383 e. The molecule has 0 spiro atoms. The second kappa shape index (κ2) is 5.37. The number of anilines is 2. The number of hydrogen-bond acceptors (Lipinski definition) is 6. The van der Waals surface area contributed by atoms with E-state index in [1.165, 1.54) is 0 Å². The fourth-order valence-electron chi connectivity index (χ4n) is 2.43. The molecule has 3 aromatic rings. The van der Waals surface area contributed by atoms with Crippen LogP contribution in [0, 0.1) is 0 Å². The highest BCUT2D eigenvalue weighted by Crippen LogP contribution is 2.29. The van der Waals surface area contributed by atoms with Crippen molar-refractivity contribution in [2.75, 3.05) is 25.1 Å². The number of nitrogens with zero attached hydrogens (tertiary/aromatic N) is 3. The molecule has 0 amide bonds. The highest BCUT2D eigenvalue weighted by atomic mass is 15.1. The van der Waals surface area contributed by atoms with Gasteiger partial charge in [0.15, 0.2) is 0 Å². The van der Waals surface area contributed by atoms with Crippen LogP contribution in [0.4, 0.5) is 11.8 Å². The molecule has 0 bridgehead atoms. The molecule has 1 aromatic carbocycles. The van der Waals surface area contributed by atoms with Crippen LogP contribution in [0.3, 0.4) is 0 Å². The van der Waals surface area contributed by atoms with E-state index in [1.54, 1.807) is 6.20 Å². The van der Waals surface area contributed by atoms with Crippen molar-refractivity contribution in [3.63, 3.8) is 0 Å². The van der Waals surface area contributed by atoms with Gasteiger partial charge in [0.1, 0.15) is 5.82 Å². The lowest BCUT2D eigenvalue weighted by atomic mass is 10.0. The van der Waals surface area contributed by atoms with Crippen LogP contribution in [0.15, 0.2) is 24.4 Å². The number of rotatable bonds is 4. The van der Waals surface area contributed by atoms with Crippen LogP contribution in [-0.2, 0) is 6.42 Å². The molecule has 3 rings (SSSR count). The maximum absolute atomic E-state index is 6.03. The van der Waals surface area contributed by atoms with E-state index in [4.69, 9.17) is 11.5 Å². The molecule has 2 aromatic heterocycles. The standard InChI is InChI=1S/C14H17N7/c1-17-4-2-8-6-9(10-3-5-18-21-10)7-11-12(8)13(15)20-14(16)19-11/h3,5-7,17H,2,4H2,1H3,(H,18,21)(H4,15,16,19,20). The summed E-state index contributed by atoms with van der Waals surface area (Å²) in [5, 5.41) is 10.9. The van der Waals surface area contributed by atoms with Crippen molar-refractivity contribution in [2.45, 2.75) is 6.42 Å². The van der Waals surface area contributed by atoms with Crippen LogP contribution in [0.2, 0.25) is 0 Å². The quantitative estimate of drug-likeness (QED) is 0.566. The first kappa shape index (κ1) is 13.3. The number of nitrogens with one attached hydrogen (secondary N) is 2. The first-order valence-corrected chi connectivity index (χ1v) is 6.69. The van der Waals surface area contributed by atoms with Gasteiger partial charge in [-0.15, -0.1) is 0 Å². The molecule has 0 saturated heterocycles. The maximum Gasteiger partial charge on any atom is 0.222 e. The predicted octanol–water partition coefficient (Wildman–Crippen LogP) is 0.946. The summed E-state index contributed by atoms with van der Waals surface area (Å²) < 4.78 is 0. The van der Waals surface area contributed by atoms with Crippen LogP contribution in [0.25, 0.3) is 22.2 Å². The van der Waals surface area contributed by atoms with Crippen LogP contribution in [0.5, 0.6) is 0 Å². The predicted molar refractivity (Wildman–Crippen MR) is 83.6 cm³/mol. The zero-order valence-corrected chi connectivity index (χ0v) is 11.7. The van der Waals surface area contributed by atoms with Gasteiger partial charge in [-0.2, -0.15) is 10.1 Å². The Kier molecular flexibility index (Phi) is 3.41. The fraction of sp³-hybridized carbons (Fsp3) is 0.214. The van der Waals surface area contributed by atoms with E-state index in [-0.39, 0.29) is 5.95 Å². The van der Waals surface area contributed by atoms with Crippen molar-refractivity contribution in [1.29, 1.82) is 0 Å². The number of likely N-dealkylation sites (N-methyl/N-ethyl adjacent to an activating group) is 1. The van der Waals surface area contributed by atoms with Crippen molar-refractivity contribution in [3.05, 3.63) is 30.0 Å². The third kappa shape index (κ3) is 2.50. The lowest BCUT2D eigenvalue weighted by Crippen LogP contribution is -2.11. The summed E-state index contributed by atoms with van der Waals surface area (Å²) >= 11 is 0. The summed E-state index contributed by atoms with van der Waals surface area (Å²) in [6.07, 6.45) is 2.54. The van der Waals surface area contributed by atoms with Gasteiger partial charge in [0, 0.05) is 17.1 Å². The summed E-state index contributed by atoms with van der Waals surface area (Å²) in [4.78, 5) is 8.37. The third-order valence-electron chi connectivity index (χ3n) is 3.38. The van der Waals surface area contributed by atoms with E-state index in [9.17, 15) is 0 Å². The average molecular weight is 283 g/mol. The molecule has 0 aliphatic heterocycles. The Hall–Kier alpha value is -2.67. The molecule has 0 atom stereocenters. The summed E-state index contributed by atoms with van der Waals surface area (Å²) in [7, 11) is 1.92. The molecule has 0 radical (unpaired) electrons. The minimum atomic E-state index is 0.182. The number of aromatic amines is 1. The summed E-state index contributed by atoms with van der Waals surface area (Å²) in [5.74, 6) is 0.598. The first-order valence-electron chi connectivity index (χ1n) is 6.69. The average Bonchev–Trinajstić information content (AvgIpc) is 2.97. The van der Waals surface area contributed by atoms with Crippen molar-refractivity contribution in [2.24, 2.45) is 0 Å². The normalized spacial score (nSPS) is 11.1. The first-order chi connectivity index (χ1) is 10.2. The molecule has 0 aliphatic carbocycles. The second-order valence-corrected chi connectivity index (χ2v) is 4.82. The summed E-state index contributed by atoms with van der Waals surface area (Å²) in [6, 6.07) is 5.94. The van der Waals surface area contributed by atoms with Crippen molar-refractivity contribution < 1.29 is 0 Å². The van der Waals surface area contributed by atoms with E-state index in [2.05, 4.69) is 31.5 Å². The molecule has 7 nitrogen and oxygen atoms in total. The van der Waals surface area contributed by atoms with Crippen LogP contribution in [0.1, 0.15) is 5.56 Å².